The van der Waals surface area contributed by atoms with E-state index in [0.29, 0.717) is 5.82 Å². The van der Waals surface area contributed by atoms with Gasteiger partial charge in [0, 0.05) is 4.88 Å². The third-order valence-corrected chi connectivity index (χ3v) is 5.17. The topological polar surface area (TPSA) is 56.2 Å². The predicted molar refractivity (Wildman–Crippen MR) is 79.6 cm³/mol. The first-order valence-electron chi connectivity index (χ1n) is 7.01. The Balaban J connectivity index is 1.92. The van der Waals surface area contributed by atoms with Crippen LogP contribution in [-0.4, -0.2) is 23.1 Å². The van der Waals surface area contributed by atoms with Crippen molar-refractivity contribution in [2.75, 3.05) is 18.8 Å². The fraction of sp³-hybridized carbons (Fsp3) is 0.571. The summed E-state index contributed by atoms with van der Waals surface area (Å²) < 4.78 is 0. The van der Waals surface area contributed by atoms with Crippen LogP contribution in [0.15, 0.2) is 0 Å². The van der Waals surface area contributed by atoms with E-state index in [4.69, 9.17) is 10.7 Å². The van der Waals surface area contributed by atoms with Crippen molar-refractivity contribution in [2.45, 2.75) is 39.7 Å². The van der Waals surface area contributed by atoms with Crippen molar-refractivity contribution >= 4 is 27.4 Å². The van der Waals surface area contributed by atoms with Crippen LogP contribution >= 0.6 is 11.3 Å². The molecule has 0 amide bonds. The van der Waals surface area contributed by atoms with Gasteiger partial charge in [-0.1, -0.05) is 0 Å². The summed E-state index contributed by atoms with van der Waals surface area (Å²) in [7, 11) is 0. The number of aryl methyl sites for hydroxylation is 2. The Hall–Kier alpha value is -1.20. The van der Waals surface area contributed by atoms with Crippen molar-refractivity contribution in [3.8, 4) is 0 Å². The lowest BCUT2D eigenvalue weighted by Gasteiger charge is -2.22. The van der Waals surface area contributed by atoms with Crippen molar-refractivity contribution in [2.24, 2.45) is 0 Å². The number of anilines is 1. The van der Waals surface area contributed by atoms with Gasteiger partial charge in [0.2, 0.25) is 0 Å². The van der Waals surface area contributed by atoms with E-state index in [1.807, 2.05) is 0 Å². The lowest BCUT2D eigenvalue weighted by atomic mass is 10.1. The molecule has 2 aromatic rings. The Morgan fingerprint density at radius 2 is 1.89 bits per heavy atom. The molecule has 19 heavy (non-hydrogen) atoms. The van der Waals surface area contributed by atoms with Gasteiger partial charge in [-0.2, -0.15) is 0 Å². The van der Waals surface area contributed by atoms with Crippen LogP contribution in [0.1, 0.15) is 35.5 Å². The van der Waals surface area contributed by atoms with Gasteiger partial charge in [0.1, 0.15) is 17.2 Å². The van der Waals surface area contributed by atoms with Crippen molar-refractivity contribution in [3.63, 3.8) is 0 Å². The number of nitrogen functional groups attached to an aromatic ring is 1. The molecule has 3 N–H and O–H groups in total. The molecule has 0 radical (unpaired) electrons. The van der Waals surface area contributed by atoms with Gasteiger partial charge in [-0.3, -0.25) is 0 Å². The van der Waals surface area contributed by atoms with Crippen molar-refractivity contribution in [1.82, 2.24) is 9.97 Å². The van der Waals surface area contributed by atoms with Gasteiger partial charge in [0.05, 0.1) is 18.5 Å². The average molecular weight is 277 g/mol. The summed E-state index contributed by atoms with van der Waals surface area (Å²) in [5, 5.41) is 1.06. The van der Waals surface area contributed by atoms with Crippen LogP contribution in [0.25, 0.3) is 10.2 Å². The second kappa shape index (κ2) is 5.06. The third kappa shape index (κ3) is 2.44. The maximum absolute atomic E-state index is 6.12. The smallest absolute Gasteiger partial charge is 0.187 e. The number of nitrogens with zero attached hydrogens (tertiary/aromatic N) is 2. The lowest BCUT2D eigenvalue weighted by molar-refractivity contribution is -0.919. The lowest BCUT2D eigenvalue weighted by Crippen LogP contribution is -3.11. The molecule has 0 aromatic carbocycles. The molecule has 1 fully saturated rings. The van der Waals surface area contributed by atoms with E-state index in [-0.39, 0.29) is 0 Å². The maximum Gasteiger partial charge on any atom is 0.187 e. The SMILES string of the molecule is Cc1sc2nc(C[NH+]3CCCCC3)nc(N)c2c1C. The van der Waals surface area contributed by atoms with Gasteiger partial charge in [-0.25, -0.2) is 9.97 Å². The molecule has 0 atom stereocenters. The van der Waals surface area contributed by atoms with Crippen LogP contribution in [0.5, 0.6) is 0 Å². The zero-order chi connectivity index (χ0) is 13.4. The minimum Gasteiger partial charge on any atom is -0.383 e. The second-order valence-electron chi connectivity index (χ2n) is 5.48. The molecular weight excluding hydrogens is 256 g/mol. The highest BCUT2D eigenvalue weighted by molar-refractivity contribution is 7.18. The van der Waals surface area contributed by atoms with E-state index in [0.717, 1.165) is 22.6 Å². The van der Waals surface area contributed by atoms with Crippen LogP contribution in [0.2, 0.25) is 0 Å². The number of aromatic nitrogens is 2. The first-order valence-corrected chi connectivity index (χ1v) is 7.82. The molecule has 0 bridgehead atoms. The third-order valence-electron chi connectivity index (χ3n) is 4.07. The fourth-order valence-electron chi connectivity index (χ4n) is 2.86. The maximum atomic E-state index is 6.12. The van der Waals surface area contributed by atoms with E-state index in [1.165, 1.54) is 42.8 Å². The highest BCUT2D eigenvalue weighted by Crippen LogP contribution is 2.31. The molecule has 2 aromatic heterocycles. The van der Waals surface area contributed by atoms with Crippen LogP contribution in [0.4, 0.5) is 5.82 Å². The molecule has 3 heterocycles. The largest absolute Gasteiger partial charge is 0.383 e. The number of piperidine rings is 1. The van der Waals surface area contributed by atoms with E-state index in [1.54, 1.807) is 16.2 Å². The standard InChI is InChI=1S/C14H20N4S/c1-9-10(2)19-14-12(9)13(15)16-11(17-14)8-18-6-4-3-5-7-18/h3-8H2,1-2H3,(H2,15,16,17)/p+1. The summed E-state index contributed by atoms with van der Waals surface area (Å²) in [6, 6.07) is 0. The summed E-state index contributed by atoms with van der Waals surface area (Å²) in [5.41, 5.74) is 7.35. The van der Waals surface area contributed by atoms with E-state index in [9.17, 15) is 0 Å². The average Bonchev–Trinajstić information content (AvgIpc) is 2.66. The zero-order valence-electron chi connectivity index (χ0n) is 11.6. The van der Waals surface area contributed by atoms with E-state index in [2.05, 4.69) is 18.8 Å². The Labute approximate surface area is 117 Å². The minimum atomic E-state index is 0.651. The summed E-state index contributed by atoms with van der Waals surface area (Å²) in [6.45, 7) is 7.61. The fourth-order valence-corrected chi connectivity index (χ4v) is 3.91. The number of hydrogen-bond donors (Lipinski definition) is 2. The van der Waals surface area contributed by atoms with Gasteiger partial charge < -0.3 is 10.6 Å². The summed E-state index contributed by atoms with van der Waals surface area (Å²) in [4.78, 5) is 13.2. The Bertz CT molecular complexity index is 599. The molecule has 102 valence electrons. The number of hydrogen-bond acceptors (Lipinski definition) is 4. The minimum absolute atomic E-state index is 0.651. The van der Waals surface area contributed by atoms with Crippen molar-refractivity contribution < 1.29 is 4.90 Å². The second-order valence-corrected chi connectivity index (χ2v) is 6.68. The van der Waals surface area contributed by atoms with Crippen molar-refractivity contribution in [3.05, 3.63) is 16.3 Å². The summed E-state index contributed by atoms with van der Waals surface area (Å²) in [6.07, 6.45) is 4.02. The zero-order valence-corrected chi connectivity index (χ0v) is 12.4. The van der Waals surface area contributed by atoms with Crippen molar-refractivity contribution in [1.29, 1.82) is 0 Å². The monoisotopic (exact) mass is 277 g/mol. The molecule has 3 rings (SSSR count). The number of thiophene rings is 1. The molecule has 1 aliphatic heterocycles. The highest BCUT2D eigenvalue weighted by Gasteiger charge is 2.18. The molecule has 0 saturated carbocycles. The molecule has 0 spiro atoms. The van der Waals surface area contributed by atoms with Crippen LogP contribution in [-0.2, 0) is 6.54 Å². The first-order chi connectivity index (χ1) is 9.15. The Morgan fingerprint density at radius 3 is 2.63 bits per heavy atom. The van der Waals surface area contributed by atoms with Gasteiger partial charge >= 0.3 is 0 Å². The molecule has 4 nitrogen and oxygen atoms in total. The molecule has 5 heteroatoms. The van der Waals surface area contributed by atoms with Gasteiger partial charge in [0.15, 0.2) is 5.82 Å². The molecule has 1 aliphatic rings. The van der Waals surface area contributed by atoms with Crippen LogP contribution in [0.3, 0.4) is 0 Å². The highest BCUT2D eigenvalue weighted by atomic mass is 32.1. The normalized spacial score (nSPS) is 17.2. The molecular formula is C14H21N4S+. The van der Waals surface area contributed by atoms with Crippen LogP contribution < -0.4 is 10.6 Å². The van der Waals surface area contributed by atoms with E-state index < -0.39 is 0 Å². The number of fused-ring (bicyclic) bond motifs is 1. The van der Waals surface area contributed by atoms with Crippen LogP contribution in [0, 0.1) is 13.8 Å². The summed E-state index contributed by atoms with van der Waals surface area (Å²) >= 11 is 1.73. The summed E-state index contributed by atoms with van der Waals surface area (Å²) in [5.74, 6) is 1.56. The quantitative estimate of drug-likeness (QED) is 0.874. The predicted octanol–water partition coefficient (Wildman–Crippen LogP) is 1.46. The van der Waals surface area contributed by atoms with Gasteiger partial charge in [-0.15, -0.1) is 11.3 Å². The van der Waals surface area contributed by atoms with E-state index >= 15 is 0 Å². The van der Waals surface area contributed by atoms with Gasteiger partial charge in [-0.05, 0) is 38.7 Å². The number of likely N-dealkylation sites (tertiary alicyclic amines) is 1. The Kier molecular flexibility index (Phi) is 3.41. The van der Waals surface area contributed by atoms with Gasteiger partial charge in [0.25, 0.3) is 0 Å². The number of nitrogens with one attached hydrogen (secondary N) is 1. The molecule has 0 aliphatic carbocycles. The first kappa shape index (κ1) is 12.8. The number of nitrogens with two attached hydrogens (primary N) is 1. The molecule has 0 unspecified atom stereocenters. The number of quaternary nitrogens is 1. The Morgan fingerprint density at radius 1 is 1.16 bits per heavy atom. The molecule has 1 saturated heterocycles. The number of rotatable bonds is 2.